The van der Waals surface area contributed by atoms with Crippen LogP contribution < -0.4 is 10.1 Å². The Labute approximate surface area is 135 Å². The van der Waals surface area contributed by atoms with Crippen molar-refractivity contribution in [3.63, 3.8) is 0 Å². The number of rotatable bonds is 6. The highest BCUT2D eigenvalue weighted by atomic mass is 79.9. The summed E-state index contributed by atoms with van der Waals surface area (Å²) in [7, 11) is 1.73. The van der Waals surface area contributed by atoms with Crippen LogP contribution in [0.1, 0.15) is 36.1 Å². The molecule has 2 nitrogen and oxygen atoms in total. The smallest absolute Gasteiger partial charge is 0.123 e. The lowest BCUT2D eigenvalue weighted by Gasteiger charge is -2.22. The number of halogens is 1. The average molecular weight is 348 g/mol. The van der Waals surface area contributed by atoms with Crippen LogP contribution in [0, 0.1) is 6.92 Å². The third-order valence-electron chi connectivity index (χ3n) is 3.50. The van der Waals surface area contributed by atoms with Crippen molar-refractivity contribution in [1.82, 2.24) is 5.32 Å². The highest BCUT2D eigenvalue weighted by molar-refractivity contribution is 9.10. The second-order valence-corrected chi connectivity index (χ2v) is 6.10. The molecule has 2 aromatic carbocycles. The number of hydrogen-bond acceptors (Lipinski definition) is 2. The van der Waals surface area contributed by atoms with E-state index in [0.717, 1.165) is 23.2 Å². The van der Waals surface area contributed by atoms with Gasteiger partial charge in [0.05, 0.1) is 13.2 Å². The van der Waals surface area contributed by atoms with Gasteiger partial charge in [0.1, 0.15) is 5.75 Å². The Morgan fingerprint density at radius 2 is 1.86 bits per heavy atom. The zero-order valence-corrected chi connectivity index (χ0v) is 14.4. The molecule has 0 amide bonds. The first-order valence-electron chi connectivity index (χ1n) is 7.29. The highest BCUT2D eigenvalue weighted by Crippen LogP contribution is 2.31. The van der Waals surface area contributed by atoms with Gasteiger partial charge in [-0.2, -0.15) is 0 Å². The van der Waals surface area contributed by atoms with Crippen molar-refractivity contribution in [2.24, 2.45) is 0 Å². The zero-order chi connectivity index (χ0) is 15.2. The van der Waals surface area contributed by atoms with Crippen molar-refractivity contribution in [3.05, 3.63) is 63.6 Å². The monoisotopic (exact) mass is 347 g/mol. The topological polar surface area (TPSA) is 21.3 Å². The number of benzene rings is 2. The Morgan fingerprint density at radius 1 is 1.14 bits per heavy atom. The van der Waals surface area contributed by atoms with Gasteiger partial charge in [-0.25, -0.2) is 0 Å². The molecule has 0 saturated carbocycles. The van der Waals surface area contributed by atoms with Crippen molar-refractivity contribution in [1.29, 1.82) is 0 Å². The van der Waals surface area contributed by atoms with E-state index in [4.69, 9.17) is 4.74 Å². The molecule has 0 fully saturated rings. The zero-order valence-electron chi connectivity index (χ0n) is 12.8. The van der Waals surface area contributed by atoms with Crippen LogP contribution in [-0.2, 0) is 0 Å². The minimum atomic E-state index is 0.146. The van der Waals surface area contributed by atoms with E-state index in [9.17, 15) is 0 Å². The molecule has 0 saturated heterocycles. The fraction of sp³-hybridized carbons (Fsp3) is 0.333. The lowest BCUT2D eigenvalue weighted by atomic mass is 9.96. The van der Waals surface area contributed by atoms with Crippen LogP contribution in [0.25, 0.3) is 0 Å². The summed E-state index contributed by atoms with van der Waals surface area (Å²) in [5, 5.41) is 3.63. The molecule has 1 unspecified atom stereocenters. The summed E-state index contributed by atoms with van der Waals surface area (Å²) >= 11 is 3.50. The fourth-order valence-corrected chi connectivity index (χ4v) is 2.69. The molecule has 112 valence electrons. The quantitative estimate of drug-likeness (QED) is 0.805. The van der Waals surface area contributed by atoms with E-state index in [1.165, 1.54) is 16.7 Å². The predicted molar refractivity (Wildman–Crippen MR) is 92.0 cm³/mol. The normalized spacial score (nSPS) is 12.2. The molecule has 0 aliphatic heterocycles. The lowest BCUT2D eigenvalue weighted by molar-refractivity contribution is 0.403. The van der Waals surface area contributed by atoms with Gasteiger partial charge in [-0.1, -0.05) is 52.7 Å². The van der Waals surface area contributed by atoms with Crippen molar-refractivity contribution in [2.75, 3.05) is 13.7 Å². The van der Waals surface area contributed by atoms with Gasteiger partial charge >= 0.3 is 0 Å². The van der Waals surface area contributed by atoms with Crippen LogP contribution in [-0.4, -0.2) is 13.7 Å². The van der Waals surface area contributed by atoms with E-state index in [2.05, 4.69) is 71.5 Å². The molecule has 3 heteroatoms. The highest BCUT2D eigenvalue weighted by Gasteiger charge is 2.17. The maximum atomic E-state index is 5.56. The third-order valence-corrected chi connectivity index (χ3v) is 4.03. The first-order chi connectivity index (χ1) is 10.2. The Balaban J connectivity index is 2.44. The van der Waals surface area contributed by atoms with E-state index < -0.39 is 0 Å². The molecule has 1 N–H and O–H groups in total. The number of nitrogens with one attached hydrogen (secondary N) is 1. The Hall–Kier alpha value is -1.32. The molecule has 1 atom stereocenters. The summed E-state index contributed by atoms with van der Waals surface area (Å²) in [4.78, 5) is 0. The Bertz CT molecular complexity index is 580. The first kappa shape index (κ1) is 16.1. The van der Waals surface area contributed by atoms with Gasteiger partial charge in [-0.15, -0.1) is 0 Å². The van der Waals surface area contributed by atoms with Gasteiger partial charge in [-0.3, -0.25) is 0 Å². The third kappa shape index (κ3) is 4.08. The fourth-order valence-electron chi connectivity index (χ4n) is 2.43. The minimum Gasteiger partial charge on any atom is -0.496 e. The summed E-state index contributed by atoms with van der Waals surface area (Å²) in [5.74, 6) is 0.928. The van der Waals surface area contributed by atoms with E-state index >= 15 is 0 Å². The molecular weight excluding hydrogens is 326 g/mol. The molecular formula is C18H22BrNO. The van der Waals surface area contributed by atoms with Gasteiger partial charge in [-0.05, 0) is 43.7 Å². The van der Waals surface area contributed by atoms with E-state index in [-0.39, 0.29) is 6.04 Å². The maximum absolute atomic E-state index is 5.56. The van der Waals surface area contributed by atoms with Gasteiger partial charge in [0, 0.05) is 10.0 Å². The van der Waals surface area contributed by atoms with Crippen LogP contribution in [0.3, 0.4) is 0 Å². The van der Waals surface area contributed by atoms with E-state index in [0.29, 0.717) is 0 Å². The second-order valence-electron chi connectivity index (χ2n) is 5.18. The second kappa shape index (κ2) is 7.62. The van der Waals surface area contributed by atoms with Crippen molar-refractivity contribution in [3.8, 4) is 5.75 Å². The van der Waals surface area contributed by atoms with Crippen LogP contribution in [0.15, 0.2) is 46.9 Å². The van der Waals surface area contributed by atoms with E-state index in [1.54, 1.807) is 7.11 Å². The van der Waals surface area contributed by atoms with Crippen LogP contribution in [0.2, 0.25) is 0 Å². The van der Waals surface area contributed by atoms with Crippen LogP contribution in [0.4, 0.5) is 0 Å². The molecule has 0 bridgehead atoms. The Kier molecular flexibility index (Phi) is 5.83. The number of methoxy groups -OCH3 is 1. The number of hydrogen-bond donors (Lipinski definition) is 1. The molecule has 0 aliphatic carbocycles. The van der Waals surface area contributed by atoms with Crippen molar-refractivity contribution in [2.45, 2.75) is 26.3 Å². The average Bonchev–Trinajstić information content (AvgIpc) is 2.49. The summed E-state index contributed by atoms with van der Waals surface area (Å²) < 4.78 is 6.65. The SMILES string of the molecule is CCCNC(c1ccc(Br)cc1)c1cc(C)ccc1OC. The summed E-state index contributed by atoms with van der Waals surface area (Å²) in [5.41, 5.74) is 3.68. The standard InChI is InChI=1S/C18H22BrNO/c1-4-11-20-18(14-6-8-15(19)9-7-14)16-12-13(2)5-10-17(16)21-3/h5-10,12,18,20H,4,11H2,1-3H3. The van der Waals surface area contributed by atoms with E-state index in [1.807, 2.05) is 6.07 Å². The van der Waals surface area contributed by atoms with Gasteiger partial charge < -0.3 is 10.1 Å². The van der Waals surface area contributed by atoms with Gasteiger partial charge in [0.2, 0.25) is 0 Å². The van der Waals surface area contributed by atoms with Gasteiger partial charge in [0.15, 0.2) is 0 Å². The first-order valence-corrected chi connectivity index (χ1v) is 8.08. The maximum Gasteiger partial charge on any atom is 0.123 e. The number of ether oxygens (including phenoxy) is 1. The summed E-state index contributed by atoms with van der Waals surface area (Å²) in [6.45, 7) is 5.26. The molecule has 0 aliphatic rings. The molecule has 2 aromatic rings. The molecule has 21 heavy (non-hydrogen) atoms. The largest absolute Gasteiger partial charge is 0.496 e. The van der Waals surface area contributed by atoms with Crippen LogP contribution >= 0.6 is 15.9 Å². The Morgan fingerprint density at radius 3 is 2.48 bits per heavy atom. The van der Waals surface area contributed by atoms with Crippen molar-refractivity contribution >= 4 is 15.9 Å². The molecule has 0 aromatic heterocycles. The van der Waals surface area contributed by atoms with Crippen LogP contribution in [0.5, 0.6) is 5.75 Å². The molecule has 0 heterocycles. The number of aryl methyl sites for hydroxylation is 1. The summed E-state index contributed by atoms with van der Waals surface area (Å²) in [6, 6.07) is 14.9. The lowest BCUT2D eigenvalue weighted by Crippen LogP contribution is -2.23. The van der Waals surface area contributed by atoms with Crippen molar-refractivity contribution < 1.29 is 4.74 Å². The summed E-state index contributed by atoms with van der Waals surface area (Å²) in [6.07, 6.45) is 1.10. The molecule has 0 spiro atoms. The van der Waals surface area contributed by atoms with Gasteiger partial charge in [0.25, 0.3) is 0 Å². The molecule has 2 rings (SSSR count). The minimum absolute atomic E-state index is 0.146. The molecule has 0 radical (unpaired) electrons. The predicted octanol–water partition coefficient (Wildman–Crippen LogP) is 4.86.